The summed E-state index contributed by atoms with van der Waals surface area (Å²) >= 11 is 0. The Morgan fingerprint density at radius 2 is 1.75 bits per heavy atom. The first-order valence-corrected chi connectivity index (χ1v) is 7.32. The lowest BCUT2D eigenvalue weighted by molar-refractivity contribution is 0.651. The van der Waals surface area contributed by atoms with Crippen LogP contribution in [0.5, 0.6) is 0 Å². The Balaban J connectivity index is 2.15. The fourth-order valence-electron chi connectivity index (χ4n) is 2.54. The molecule has 0 N–H and O–H groups in total. The van der Waals surface area contributed by atoms with Crippen molar-refractivity contribution in [3.63, 3.8) is 0 Å². The van der Waals surface area contributed by atoms with E-state index in [0.29, 0.717) is 0 Å². The van der Waals surface area contributed by atoms with Gasteiger partial charge in [0.15, 0.2) is 0 Å². The van der Waals surface area contributed by atoms with Crippen LogP contribution >= 0.6 is 0 Å². The minimum atomic E-state index is 1.03. The van der Waals surface area contributed by atoms with E-state index in [9.17, 15) is 0 Å². The van der Waals surface area contributed by atoms with Gasteiger partial charge < -0.3 is 4.57 Å². The Labute approximate surface area is 120 Å². The second-order valence-corrected chi connectivity index (χ2v) is 5.30. The summed E-state index contributed by atoms with van der Waals surface area (Å²) < 4.78 is 2.35. The molecule has 0 aliphatic heterocycles. The average Bonchev–Trinajstić information content (AvgIpc) is 2.84. The van der Waals surface area contributed by atoms with Gasteiger partial charge in [-0.2, -0.15) is 0 Å². The molecule has 3 aromatic rings. The number of fused-ring (bicyclic) bond motifs is 1. The van der Waals surface area contributed by atoms with Crippen molar-refractivity contribution in [1.29, 1.82) is 0 Å². The summed E-state index contributed by atoms with van der Waals surface area (Å²) in [5.74, 6) is 1.08. The number of rotatable bonds is 4. The zero-order chi connectivity index (χ0) is 13.9. The van der Waals surface area contributed by atoms with Crippen LogP contribution < -0.4 is 0 Å². The number of hydrogen-bond donors (Lipinski definition) is 0. The van der Waals surface area contributed by atoms with Crippen molar-refractivity contribution in [3.05, 3.63) is 54.1 Å². The number of aryl methyl sites for hydroxylation is 2. The molecule has 2 heteroatoms. The van der Waals surface area contributed by atoms with Gasteiger partial charge in [0.2, 0.25) is 0 Å². The molecule has 2 aromatic carbocycles. The van der Waals surface area contributed by atoms with Crippen LogP contribution in [0.3, 0.4) is 0 Å². The smallest absolute Gasteiger partial charge is 0.141 e. The highest BCUT2D eigenvalue weighted by molar-refractivity contribution is 5.80. The SMILES string of the molecule is CCCCn1c(-c2ccc(C)cc2)nc2ccccc21. The maximum atomic E-state index is 4.83. The molecule has 3 rings (SSSR count). The van der Waals surface area contributed by atoms with Gasteiger partial charge in [0.25, 0.3) is 0 Å². The van der Waals surface area contributed by atoms with Crippen molar-refractivity contribution in [3.8, 4) is 11.4 Å². The van der Waals surface area contributed by atoms with Crippen molar-refractivity contribution >= 4 is 11.0 Å². The first-order chi connectivity index (χ1) is 9.79. The summed E-state index contributed by atoms with van der Waals surface area (Å²) in [5, 5.41) is 0. The quantitative estimate of drug-likeness (QED) is 0.661. The van der Waals surface area contributed by atoms with E-state index in [1.165, 1.54) is 29.5 Å². The summed E-state index contributed by atoms with van der Waals surface area (Å²) in [7, 11) is 0. The maximum absolute atomic E-state index is 4.83. The van der Waals surface area contributed by atoms with Gasteiger partial charge in [-0.15, -0.1) is 0 Å². The molecule has 0 fully saturated rings. The Hall–Kier alpha value is -2.09. The minimum absolute atomic E-state index is 1.03. The van der Waals surface area contributed by atoms with E-state index in [0.717, 1.165) is 17.9 Å². The Bertz CT molecular complexity index is 708. The maximum Gasteiger partial charge on any atom is 0.141 e. The highest BCUT2D eigenvalue weighted by Crippen LogP contribution is 2.25. The fourth-order valence-corrected chi connectivity index (χ4v) is 2.54. The standard InChI is InChI=1S/C18H20N2/c1-3-4-13-20-17-8-6-5-7-16(17)19-18(20)15-11-9-14(2)10-12-15/h5-12H,3-4,13H2,1-2H3. The van der Waals surface area contributed by atoms with Crippen LogP contribution in [0.4, 0.5) is 0 Å². The molecule has 0 aliphatic rings. The van der Waals surface area contributed by atoms with E-state index in [1.54, 1.807) is 0 Å². The largest absolute Gasteiger partial charge is 0.324 e. The van der Waals surface area contributed by atoms with Gasteiger partial charge in [-0.1, -0.05) is 55.3 Å². The van der Waals surface area contributed by atoms with Gasteiger partial charge in [0.1, 0.15) is 5.82 Å². The monoisotopic (exact) mass is 264 g/mol. The van der Waals surface area contributed by atoms with Gasteiger partial charge in [-0.25, -0.2) is 4.98 Å². The predicted octanol–water partition coefficient (Wildman–Crippen LogP) is 4.81. The van der Waals surface area contributed by atoms with E-state index in [-0.39, 0.29) is 0 Å². The molecule has 0 bridgehead atoms. The molecular weight excluding hydrogens is 244 g/mol. The molecule has 2 nitrogen and oxygen atoms in total. The number of para-hydroxylation sites is 2. The first-order valence-electron chi connectivity index (χ1n) is 7.32. The second-order valence-electron chi connectivity index (χ2n) is 5.30. The second kappa shape index (κ2) is 5.49. The molecule has 102 valence electrons. The molecular formula is C18H20N2. The molecule has 1 heterocycles. The number of imidazole rings is 1. The Morgan fingerprint density at radius 3 is 2.50 bits per heavy atom. The third-order valence-electron chi connectivity index (χ3n) is 3.70. The Morgan fingerprint density at radius 1 is 1.00 bits per heavy atom. The van der Waals surface area contributed by atoms with E-state index in [2.05, 4.69) is 66.9 Å². The number of unbranched alkanes of at least 4 members (excludes halogenated alkanes) is 1. The first kappa shape index (κ1) is 12.9. The summed E-state index contributed by atoms with van der Waals surface area (Å²) in [6.45, 7) is 5.37. The summed E-state index contributed by atoms with van der Waals surface area (Å²) in [5.41, 5.74) is 4.79. The third-order valence-corrected chi connectivity index (χ3v) is 3.70. The van der Waals surface area contributed by atoms with Gasteiger partial charge in [0.05, 0.1) is 11.0 Å². The lowest BCUT2D eigenvalue weighted by Crippen LogP contribution is -2.00. The van der Waals surface area contributed by atoms with Gasteiger partial charge in [-0.05, 0) is 25.5 Å². The van der Waals surface area contributed by atoms with E-state index in [4.69, 9.17) is 4.98 Å². The number of nitrogens with zero attached hydrogens (tertiary/aromatic N) is 2. The van der Waals surface area contributed by atoms with Crippen LogP contribution in [0.15, 0.2) is 48.5 Å². The van der Waals surface area contributed by atoms with E-state index < -0.39 is 0 Å². The molecule has 1 aromatic heterocycles. The normalized spacial score (nSPS) is 11.1. The van der Waals surface area contributed by atoms with Gasteiger partial charge in [-0.3, -0.25) is 0 Å². The minimum Gasteiger partial charge on any atom is -0.324 e. The molecule has 0 aliphatic carbocycles. The molecule has 0 radical (unpaired) electrons. The summed E-state index contributed by atoms with van der Waals surface area (Å²) in [6.07, 6.45) is 2.37. The zero-order valence-electron chi connectivity index (χ0n) is 12.1. The average molecular weight is 264 g/mol. The fraction of sp³-hybridized carbons (Fsp3) is 0.278. The molecule has 0 amide bonds. The topological polar surface area (TPSA) is 17.8 Å². The lowest BCUT2D eigenvalue weighted by atomic mass is 10.1. The van der Waals surface area contributed by atoms with Crippen LogP contribution in [0.1, 0.15) is 25.3 Å². The van der Waals surface area contributed by atoms with Crippen LogP contribution in [0.25, 0.3) is 22.4 Å². The summed E-state index contributed by atoms with van der Waals surface area (Å²) in [6, 6.07) is 17.0. The molecule has 0 spiro atoms. The van der Waals surface area contributed by atoms with Crippen molar-refractivity contribution in [2.45, 2.75) is 33.2 Å². The number of hydrogen-bond acceptors (Lipinski definition) is 1. The lowest BCUT2D eigenvalue weighted by Gasteiger charge is -2.08. The molecule has 0 atom stereocenters. The Kier molecular flexibility index (Phi) is 3.55. The van der Waals surface area contributed by atoms with Crippen LogP contribution in [-0.4, -0.2) is 9.55 Å². The van der Waals surface area contributed by atoms with E-state index >= 15 is 0 Å². The molecule has 0 saturated heterocycles. The molecule has 0 unspecified atom stereocenters. The van der Waals surface area contributed by atoms with Crippen LogP contribution in [0, 0.1) is 6.92 Å². The van der Waals surface area contributed by atoms with Crippen molar-refractivity contribution in [2.24, 2.45) is 0 Å². The van der Waals surface area contributed by atoms with Gasteiger partial charge in [0, 0.05) is 12.1 Å². The third kappa shape index (κ3) is 2.34. The van der Waals surface area contributed by atoms with Crippen molar-refractivity contribution < 1.29 is 0 Å². The molecule has 20 heavy (non-hydrogen) atoms. The van der Waals surface area contributed by atoms with Crippen LogP contribution in [-0.2, 0) is 6.54 Å². The van der Waals surface area contributed by atoms with Crippen LogP contribution in [0.2, 0.25) is 0 Å². The predicted molar refractivity (Wildman–Crippen MR) is 84.8 cm³/mol. The highest BCUT2D eigenvalue weighted by Gasteiger charge is 2.11. The van der Waals surface area contributed by atoms with Crippen molar-refractivity contribution in [2.75, 3.05) is 0 Å². The highest BCUT2D eigenvalue weighted by atomic mass is 15.1. The number of aromatic nitrogens is 2. The van der Waals surface area contributed by atoms with E-state index in [1.807, 2.05) is 0 Å². The van der Waals surface area contributed by atoms with Gasteiger partial charge >= 0.3 is 0 Å². The number of benzene rings is 2. The summed E-state index contributed by atoms with van der Waals surface area (Å²) in [4.78, 5) is 4.83. The molecule has 0 saturated carbocycles. The van der Waals surface area contributed by atoms with Crippen molar-refractivity contribution in [1.82, 2.24) is 9.55 Å². The zero-order valence-corrected chi connectivity index (χ0v) is 12.1.